The summed E-state index contributed by atoms with van der Waals surface area (Å²) in [5.74, 6) is 6.45. The van der Waals surface area contributed by atoms with Gasteiger partial charge in [-0.25, -0.2) is 0 Å². The topological polar surface area (TPSA) is 0 Å². The molecular formula is C14H18S. The second-order valence-electron chi connectivity index (χ2n) is 3.46. The maximum atomic E-state index is 3.23. The molecule has 1 aromatic rings. The number of hydrogen-bond acceptors (Lipinski definition) is 1. The predicted octanol–water partition coefficient (Wildman–Crippen LogP) is 4.71. The summed E-state index contributed by atoms with van der Waals surface area (Å²) in [5.41, 5.74) is 0. The van der Waals surface area contributed by atoms with E-state index in [2.05, 4.69) is 43.0 Å². The minimum Gasteiger partial charge on any atom is -0.127 e. The lowest BCUT2D eigenvalue weighted by atomic mass is 10.2. The van der Waals surface area contributed by atoms with Gasteiger partial charge >= 0.3 is 0 Å². The molecule has 0 aliphatic rings. The van der Waals surface area contributed by atoms with Gasteiger partial charge in [0.05, 0.1) is 4.88 Å². The van der Waals surface area contributed by atoms with Gasteiger partial charge in [0.15, 0.2) is 0 Å². The molecule has 0 saturated heterocycles. The monoisotopic (exact) mass is 218 g/mol. The summed E-state index contributed by atoms with van der Waals surface area (Å²) < 4.78 is 0. The van der Waals surface area contributed by atoms with Crippen LogP contribution in [0.25, 0.3) is 6.08 Å². The van der Waals surface area contributed by atoms with Crippen LogP contribution in [-0.2, 0) is 0 Å². The standard InChI is InChI=1S/C14H18S/c1-3-5-6-7-8-10-14-12-11-13(15-14)9-4-2/h4,9,11-12H,3,5-7H2,1-2H3. The molecule has 1 rings (SSSR count). The molecule has 1 heterocycles. The summed E-state index contributed by atoms with van der Waals surface area (Å²) in [6, 6.07) is 4.23. The summed E-state index contributed by atoms with van der Waals surface area (Å²) in [5, 5.41) is 0. The second-order valence-corrected chi connectivity index (χ2v) is 4.58. The van der Waals surface area contributed by atoms with Crippen LogP contribution >= 0.6 is 11.3 Å². The van der Waals surface area contributed by atoms with Gasteiger partial charge in [0, 0.05) is 11.3 Å². The molecule has 0 amide bonds. The molecule has 15 heavy (non-hydrogen) atoms. The summed E-state index contributed by atoms with van der Waals surface area (Å²) >= 11 is 1.76. The van der Waals surface area contributed by atoms with Gasteiger partial charge < -0.3 is 0 Å². The van der Waals surface area contributed by atoms with E-state index in [1.807, 2.05) is 6.92 Å². The van der Waals surface area contributed by atoms with Crippen LogP contribution < -0.4 is 0 Å². The zero-order valence-corrected chi connectivity index (χ0v) is 10.4. The molecule has 1 aromatic heterocycles. The normalized spacial score (nSPS) is 10.3. The van der Waals surface area contributed by atoms with E-state index in [0.29, 0.717) is 0 Å². The van der Waals surface area contributed by atoms with Crippen molar-refractivity contribution in [2.75, 3.05) is 0 Å². The summed E-state index contributed by atoms with van der Waals surface area (Å²) in [6.07, 6.45) is 9.01. The highest BCUT2D eigenvalue weighted by atomic mass is 32.1. The molecule has 0 N–H and O–H groups in total. The number of rotatable bonds is 4. The van der Waals surface area contributed by atoms with Gasteiger partial charge in [0.25, 0.3) is 0 Å². The lowest BCUT2D eigenvalue weighted by Crippen LogP contribution is -1.71. The first kappa shape index (κ1) is 12.1. The zero-order chi connectivity index (χ0) is 10.9. The average Bonchev–Trinajstić information content (AvgIpc) is 2.66. The molecule has 0 aliphatic carbocycles. The molecule has 0 atom stereocenters. The van der Waals surface area contributed by atoms with Crippen LogP contribution in [0.1, 0.15) is 49.3 Å². The van der Waals surface area contributed by atoms with E-state index < -0.39 is 0 Å². The third-order valence-electron chi connectivity index (χ3n) is 2.07. The largest absolute Gasteiger partial charge is 0.127 e. The maximum absolute atomic E-state index is 3.23. The predicted molar refractivity (Wildman–Crippen MR) is 70.0 cm³/mol. The Labute approximate surface area is 97.0 Å². The Morgan fingerprint density at radius 3 is 2.93 bits per heavy atom. The highest BCUT2D eigenvalue weighted by Gasteiger charge is 1.92. The number of unbranched alkanes of at least 4 members (excludes halogenated alkanes) is 3. The van der Waals surface area contributed by atoms with E-state index in [1.165, 1.54) is 29.0 Å². The first-order valence-corrected chi connectivity index (χ1v) is 6.40. The van der Waals surface area contributed by atoms with Crippen molar-refractivity contribution in [1.29, 1.82) is 0 Å². The van der Waals surface area contributed by atoms with Crippen molar-refractivity contribution in [3.05, 3.63) is 28.0 Å². The van der Waals surface area contributed by atoms with E-state index in [1.54, 1.807) is 11.3 Å². The summed E-state index contributed by atoms with van der Waals surface area (Å²) in [4.78, 5) is 2.47. The Bertz CT molecular complexity index is 360. The molecule has 0 unspecified atom stereocenters. The van der Waals surface area contributed by atoms with Crippen LogP contribution in [0.4, 0.5) is 0 Å². The van der Waals surface area contributed by atoms with Crippen molar-refractivity contribution in [2.45, 2.75) is 39.5 Å². The quantitative estimate of drug-likeness (QED) is 0.507. The zero-order valence-electron chi connectivity index (χ0n) is 9.55. The van der Waals surface area contributed by atoms with Gasteiger partial charge in [-0.3, -0.25) is 0 Å². The average molecular weight is 218 g/mol. The van der Waals surface area contributed by atoms with Crippen molar-refractivity contribution in [1.82, 2.24) is 0 Å². The van der Waals surface area contributed by atoms with Crippen LogP contribution in [-0.4, -0.2) is 0 Å². The molecular weight excluding hydrogens is 200 g/mol. The van der Waals surface area contributed by atoms with Gasteiger partial charge in [-0.15, -0.1) is 11.3 Å². The third kappa shape index (κ3) is 4.85. The minimum absolute atomic E-state index is 1.03. The van der Waals surface area contributed by atoms with Gasteiger partial charge in [-0.1, -0.05) is 37.7 Å². The van der Waals surface area contributed by atoms with Crippen LogP contribution in [0.5, 0.6) is 0 Å². The van der Waals surface area contributed by atoms with Crippen molar-refractivity contribution in [3.8, 4) is 11.8 Å². The van der Waals surface area contributed by atoms with E-state index in [9.17, 15) is 0 Å². The second kappa shape index (κ2) is 7.31. The van der Waals surface area contributed by atoms with Crippen LogP contribution in [0, 0.1) is 11.8 Å². The summed E-state index contributed by atoms with van der Waals surface area (Å²) in [6.45, 7) is 4.26. The van der Waals surface area contributed by atoms with E-state index in [-0.39, 0.29) is 0 Å². The summed E-state index contributed by atoms with van der Waals surface area (Å²) in [7, 11) is 0. The van der Waals surface area contributed by atoms with E-state index in [0.717, 1.165) is 6.42 Å². The fourth-order valence-electron chi connectivity index (χ4n) is 1.29. The van der Waals surface area contributed by atoms with Crippen molar-refractivity contribution >= 4 is 17.4 Å². The van der Waals surface area contributed by atoms with Crippen LogP contribution in [0.3, 0.4) is 0 Å². The SMILES string of the molecule is CC=Cc1ccc(C#CCCCCC)s1. The van der Waals surface area contributed by atoms with Crippen molar-refractivity contribution in [2.24, 2.45) is 0 Å². The van der Waals surface area contributed by atoms with Gasteiger partial charge in [0.1, 0.15) is 0 Å². The molecule has 0 radical (unpaired) electrons. The Morgan fingerprint density at radius 2 is 2.20 bits per heavy atom. The van der Waals surface area contributed by atoms with Crippen LogP contribution in [0.15, 0.2) is 18.2 Å². The molecule has 0 spiro atoms. The first-order chi connectivity index (χ1) is 7.36. The molecule has 1 heteroatoms. The highest BCUT2D eigenvalue weighted by molar-refractivity contribution is 7.13. The fraction of sp³-hybridized carbons (Fsp3) is 0.429. The lowest BCUT2D eigenvalue weighted by Gasteiger charge is -1.87. The van der Waals surface area contributed by atoms with Gasteiger partial charge in [0.2, 0.25) is 0 Å². The number of thiophene rings is 1. The highest BCUT2D eigenvalue weighted by Crippen LogP contribution is 2.16. The maximum Gasteiger partial charge on any atom is 0.0774 e. The van der Waals surface area contributed by atoms with Crippen molar-refractivity contribution in [3.63, 3.8) is 0 Å². The molecule has 0 fully saturated rings. The molecule has 0 aliphatic heterocycles. The first-order valence-electron chi connectivity index (χ1n) is 5.58. The third-order valence-corrected chi connectivity index (χ3v) is 3.04. The molecule has 80 valence electrons. The number of allylic oxidation sites excluding steroid dienone is 1. The Kier molecular flexibility index (Phi) is 5.88. The number of hydrogen-bond donors (Lipinski definition) is 0. The smallest absolute Gasteiger partial charge is 0.0774 e. The Balaban J connectivity index is 2.42. The molecule has 0 aromatic carbocycles. The minimum atomic E-state index is 1.03. The Morgan fingerprint density at radius 1 is 1.33 bits per heavy atom. The Hall–Kier alpha value is -1.00. The molecule has 0 nitrogen and oxygen atoms in total. The van der Waals surface area contributed by atoms with Gasteiger partial charge in [-0.05, 0) is 31.6 Å². The molecule has 0 bridgehead atoms. The van der Waals surface area contributed by atoms with Gasteiger partial charge in [-0.2, -0.15) is 0 Å². The van der Waals surface area contributed by atoms with E-state index in [4.69, 9.17) is 0 Å². The fourth-order valence-corrected chi connectivity index (χ4v) is 2.14. The lowest BCUT2D eigenvalue weighted by molar-refractivity contribution is 0.737. The molecule has 0 saturated carbocycles. The van der Waals surface area contributed by atoms with E-state index >= 15 is 0 Å². The van der Waals surface area contributed by atoms with Crippen LogP contribution in [0.2, 0.25) is 0 Å². The van der Waals surface area contributed by atoms with Crippen molar-refractivity contribution < 1.29 is 0 Å².